The fourth-order valence-corrected chi connectivity index (χ4v) is 9.27. The first kappa shape index (κ1) is 72.6. The molecule has 1 unspecified atom stereocenters. The summed E-state index contributed by atoms with van der Waals surface area (Å²) in [6.45, 7) is 6.49. The zero-order valence-corrected chi connectivity index (χ0v) is 50.3. The molecule has 0 saturated heterocycles. The number of unbranched alkanes of at least 4 members (excludes halogenated alkanes) is 34. The van der Waals surface area contributed by atoms with Crippen LogP contribution < -0.4 is 0 Å². The number of hydrogen-bond donors (Lipinski definition) is 0. The Kier molecular flexibility index (Phi) is 61.2. The van der Waals surface area contributed by atoms with E-state index in [4.69, 9.17) is 14.2 Å². The van der Waals surface area contributed by atoms with Crippen LogP contribution in [0.15, 0.2) is 85.1 Å². The van der Waals surface area contributed by atoms with Crippen molar-refractivity contribution in [1.82, 2.24) is 0 Å². The molecule has 0 bridgehead atoms. The van der Waals surface area contributed by atoms with Crippen LogP contribution in [0, 0.1) is 0 Å². The molecule has 0 aromatic carbocycles. The monoisotopic (exact) mass is 1060 g/mol. The van der Waals surface area contributed by atoms with Crippen molar-refractivity contribution in [2.75, 3.05) is 13.2 Å². The van der Waals surface area contributed by atoms with Gasteiger partial charge in [-0.05, 0) is 96.3 Å². The second kappa shape index (κ2) is 64.1. The molecule has 0 spiro atoms. The summed E-state index contributed by atoms with van der Waals surface area (Å²) in [5, 5.41) is 0. The van der Waals surface area contributed by atoms with Crippen LogP contribution in [0.5, 0.6) is 0 Å². The molecule has 0 amide bonds. The van der Waals surface area contributed by atoms with E-state index in [0.717, 1.165) is 96.3 Å². The van der Waals surface area contributed by atoms with Gasteiger partial charge in [-0.2, -0.15) is 0 Å². The van der Waals surface area contributed by atoms with Crippen molar-refractivity contribution >= 4 is 17.9 Å². The highest BCUT2D eigenvalue weighted by Gasteiger charge is 2.19. The minimum Gasteiger partial charge on any atom is -0.462 e. The topological polar surface area (TPSA) is 78.9 Å². The van der Waals surface area contributed by atoms with Gasteiger partial charge in [0, 0.05) is 19.3 Å². The molecular formula is C70H122O6. The average molecular weight is 1060 g/mol. The van der Waals surface area contributed by atoms with Gasteiger partial charge in [-0.1, -0.05) is 292 Å². The highest BCUT2D eigenvalue weighted by Crippen LogP contribution is 2.17. The van der Waals surface area contributed by atoms with Gasteiger partial charge < -0.3 is 14.2 Å². The van der Waals surface area contributed by atoms with Crippen molar-refractivity contribution < 1.29 is 28.6 Å². The summed E-state index contributed by atoms with van der Waals surface area (Å²) in [6.07, 6.45) is 85.0. The Hall–Kier alpha value is -3.41. The van der Waals surface area contributed by atoms with E-state index in [1.54, 1.807) is 0 Å². The molecule has 0 fully saturated rings. The maximum Gasteiger partial charge on any atom is 0.306 e. The van der Waals surface area contributed by atoms with Gasteiger partial charge in [0.05, 0.1) is 0 Å². The molecular weight excluding hydrogens is 937 g/mol. The van der Waals surface area contributed by atoms with Gasteiger partial charge >= 0.3 is 17.9 Å². The number of ether oxygens (including phenoxy) is 3. The molecule has 0 aliphatic rings. The van der Waals surface area contributed by atoms with Crippen LogP contribution in [0.4, 0.5) is 0 Å². The Morgan fingerprint density at radius 3 is 0.816 bits per heavy atom. The molecule has 0 N–H and O–H groups in total. The molecule has 438 valence electrons. The third kappa shape index (κ3) is 61.4. The van der Waals surface area contributed by atoms with Crippen LogP contribution in [0.2, 0.25) is 0 Å². The number of allylic oxidation sites excluding steroid dienone is 14. The van der Waals surface area contributed by atoms with Gasteiger partial charge in [-0.25, -0.2) is 0 Å². The first-order valence-electron chi connectivity index (χ1n) is 32.6. The van der Waals surface area contributed by atoms with E-state index in [1.807, 2.05) is 0 Å². The van der Waals surface area contributed by atoms with Crippen molar-refractivity contribution in [2.45, 2.75) is 329 Å². The molecule has 0 radical (unpaired) electrons. The highest BCUT2D eigenvalue weighted by atomic mass is 16.6. The Morgan fingerprint density at radius 1 is 0.276 bits per heavy atom. The number of carbonyl (C=O) groups excluding carboxylic acids is 3. The normalized spacial score (nSPS) is 12.6. The largest absolute Gasteiger partial charge is 0.462 e. The fraction of sp³-hybridized carbons (Fsp3) is 0.757. The summed E-state index contributed by atoms with van der Waals surface area (Å²) in [6, 6.07) is 0. The summed E-state index contributed by atoms with van der Waals surface area (Å²) in [7, 11) is 0. The third-order valence-electron chi connectivity index (χ3n) is 14.1. The lowest BCUT2D eigenvalue weighted by Gasteiger charge is -2.18. The lowest BCUT2D eigenvalue weighted by Crippen LogP contribution is -2.30. The molecule has 0 aromatic heterocycles. The van der Waals surface area contributed by atoms with Crippen LogP contribution in [0.3, 0.4) is 0 Å². The lowest BCUT2D eigenvalue weighted by molar-refractivity contribution is -0.167. The summed E-state index contributed by atoms with van der Waals surface area (Å²) >= 11 is 0. The Balaban J connectivity index is 3.98. The van der Waals surface area contributed by atoms with E-state index in [9.17, 15) is 14.4 Å². The zero-order valence-electron chi connectivity index (χ0n) is 50.3. The summed E-state index contributed by atoms with van der Waals surface area (Å²) in [5.74, 6) is -0.876. The lowest BCUT2D eigenvalue weighted by atomic mass is 10.0. The Bertz CT molecular complexity index is 1450. The SMILES string of the molecule is CC/C=C\C/C=C\C/C=C\C/C=C\C/C=C\C/C=C\CCCCCCCCCCCCCCCCCCC(=O)OCC(COC(=O)CCCCCCCC)OC(=O)CCCCCCCCC/C=C\CCCCCCCC. The number of hydrogen-bond acceptors (Lipinski definition) is 6. The first-order chi connectivity index (χ1) is 37.5. The average Bonchev–Trinajstić information content (AvgIpc) is 3.42. The van der Waals surface area contributed by atoms with E-state index in [-0.39, 0.29) is 31.1 Å². The van der Waals surface area contributed by atoms with E-state index < -0.39 is 6.10 Å². The van der Waals surface area contributed by atoms with Crippen LogP contribution in [-0.4, -0.2) is 37.2 Å². The maximum absolute atomic E-state index is 12.8. The van der Waals surface area contributed by atoms with E-state index in [1.165, 1.54) is 186 Å². The van der Waals surface area contributed by atoms with E-state index >= 15 is 0 Å². The third-order valence-corrected chi connectivity index (χ3v) is 14.1. The number of rotatable bonds is 59. The fourth-order valence-electron chi connectivity index (χ4n) is 9.27. The van der Waals surface area contributed by atoms with E-state index in [2.05, 4.69) is 106 Å². The smallest absolute Gasteiger partial charge is 0.306 e. The number of carbonyl (C=O) groups is 3. The maximum atomic E-state index is 12.8. The van der Waals surface area contributed by atoms with Crippen molar-refractivity contribution in [3.8, 4) is 0 Å². The molecule has 76 heavy (non-hydrogen) atoms. The highest BCUT2D eigenvalue weighted by molar-refractivity contribution is 5.71. The van der Waals surface area contributed by atoms with Crippen LogP contribution in [0.25, 0.3) is 0 Å². The van der Waals surface area contributed by atoms with Gasteiger partial charge in [0.1, 0.15) is 13.2 Å². The Morgan fingerprint density at radius 2 is 0.513 bits per heavy atom. The first-order valence-corrected chi connectivity index (χ1v) is 32.6. The van der Waals surface area contributed by atoms with Crippen LogP contribution in [-0.2, 0) is 28.6 Å². The summed E-state index contributed by atoms with van der Waals surface area (Å²) in [4.78, 5) is 38.0. The molecule has 6 heteroatoms. The number of esters is 3. The van der Waals surface area contributed by atoms with Gasteiger partial charge in [0.25, 0.3) is 0 Å². The second-order valence-corrected chi connectivity index (χ2v) is 21.6. The minimum atomic E-state index is -0.773. The zero-order chi connectivity index (χ0) is 55.0. The van der Waals surface area contributed by atoms with Crippen LogP contribution >= 0.6 is 0 Å². The molecule has 0 heterocycles. The molecule has 0 aliphatic heterocycles. The van der Waals surface area contributed by atoms with Crippen molar-refractivity contribution in [1.29, 1.82) is 0 Å². The van der Waals surface area contributed by atoms with Gasteiger partial charge in [-0.15, -0.1) is 0 Å². The standard InChI is InChI=1S/C70H122O6/c1-4-7-10-13-16-18-20-22-24-26-27-28-29-30-31-32-33-34-35-36-37-38-39-40-41-42-43-45-46-48-50-52-54-57-60-63-69(72)75-66-67(65-74-68(71)62-59-56-15-12-9-6-3)76-70(73)64-61-58-55-53-51-49-47-44-25-23-21-19-17-14-11-8-5-2/h7,10,16,18,22-25,27-28,30-31,33-34,67H,4-6,8-9,11-15,17,19-21,26,29,32,35-66H2,1-3H3/b10-7-,18-16-,24-22-,25-23-,28-27-,31-30-,34-33-. The Labute approximate surface area is 471 Å². The van der Waals surface area contributed by atoms with Gasteiger partial charge in [0.15, 0.2) is 6.10 Å². The van der Waals surface area contributed by atoms with E-state index in [0.29, 0.717) is 19.3 Å². The quantitative estimate of drug-likeness (QED) is 0.0261. The predicted molar refractivity (Wildman–Crippen MR) is 330 cm³/mol. The summed E-state index contributed by atoms with van der Waals surface area (Å²) < 4.78 is 16.8. The molecule has 0 aliphatic carbocycles. The predicted octanol–water partition coefficient (Wildman–Crippen LogP) is 22.3. The summed E-state index contributed by atoms with van der Waals surface area (Å²) in [5.41, 5.74) is 0. The van der Waals surface area contributed by atoms with Crippen molar-refractivity contribution in [3.63, 3.8) is 0 Å². The molecule has 0 aromatic rings. The minimum absolute atomic E-state index is 0.0740. The molecule has 6 nitrogen and oxygen atoms in total. The van der Waals surface area contributed by atoms with Crippen molar-refractivity contribution in [3.05, 3.63) is 85.1 Å². The molecule has 1 atom stereocenters. The van der Waals surface area contributed by atoms with Crippen molar-refractivity contribution in [2.24, 2.45) is 0 Å². The van der Waals surface area contributed by atoms with Gasteiger partial charge in [-0.3, -0.25) is 14.4 Å². The van der Waals surface area contributed by atoms with Gasteiger partial charge in [0.2, 0.25) is 0 Å². The molecule has 0 saturated carbocycles. The van der Waals surface area contributed by atoms with Crippen LogP contribution in [0.1, 0.15) is 323 Å². The second-order valence-electron chi connectivity index (χ2n) is 21.6. The molecule has 0 rings (SSSR count).